The molecule has 3 rings (SSSR count). The first-order valence-electron chi connectivity index (χ1n) is 9.00. The molecule has 0 aliphatic carbocycles. The normalized spacial score (nSPS) is 11.5. The molecule has 1 aromatic carbocycles. The van der Waals surface area contributed by atoms with Crippen LogP contribution in [-0.2, 0) is 13.6 Å². The average Bonchev–Trinajstić information content (AvgIpc) is 2.68. The Morgan fingerprint density at radius 1 is 1.28 bits per heavy atom. The van der Waals surface area contributed by atoms with Gasteiger partial charge in [0, 0.05) is 52.3 Å². The molecule has 148 valence electrons. The van der Waals surface area contributed by atoms with Crippen LogP contribution in [0.3, 0.4) is 0 Å². The van der Waals surface area contributed by atoms with Crippen molar-refractivity contribution in [2.45, 2.75) is 20.4 Å². The van der Waals surface area contributed by atoms with Gasteiger partial charge in [0.25, 0.3) is 5.56 Å². The van der Waals surface area contributed by atoms with E-state index in [0.29, 0.717) is 38.8 Å². The lowest BCUT2D eigenvalue weighted by Gasteiger charge is -2.14. The molecule has 0 radical (unpaired) electrons. The van der Waals surface area contributed by atoms with Crippen molar-refractivity contribution in [1.82, 2.24) is 9.55 Å². The molecule has 2 heterocycles. The molecular weight excluding hydrogens is 370 g/mol. The molecule has 0 N–H and O–H groups in total. The zero-order valence-electron chi connectivity index (χ0n) is 16.5. The molecule has 2 aromatic heterocycles. The summed E-state index contributed by atoms with van der Waals surface area (Å²) in [6.07, 6.45) is 5.06. The number of pyridine rings is 2. The van der Waals surface area contributed by atoms with Crippen molar-refractivity contribution in [2.75, 3.05) is 0 Å². The SMILES string of the molecule is C=c1c(-c2cc(C[N+](=O)[O-])ccc2Oc2ccc(C)cn2)cn(C)c(=O)/c1=C/C. The highest BCUT2D eigenvalue weighted by Gasteiger charge is 2.14. The predicted octanol–water partition coefficient (Wildman–Crippen LogP) is 2.54. The van der Waals surface area contributed by atoms with Crippen LogP contribution in [0.5, 0.6) is 11.6 Å². The fourth-order valence-corrected chi connectivity index (χ4v) is 3.08. The second kappa shape index (κ2) is 8.10. The van der Waals surface area contributed by atoms with Crippen molar-refractivity contribution in [3.8, 4) is 22.8 Å². The van der Waals surface area contributed by atoms with Crippen molar-refractivity contribution in [1.29, 1.82) is 0 Å². The second-order valence-corrected chi connectivity index (χ2v) is 6.74. The van der Waals surface area contributed by atoms with Crippen LogP contribution in [0, 0.1) is 17.0 Å². The van der Waals surface area contributed by atoms with E-state index in [9.17, 15) is 14.9 Å². The minimum Gasteiger partial charge on any atom is -0.438 e. The molecule has 3 aromatic rings. The van der Waals surface area contributed by atoms with Gasteiger partial charge < -0.3 is 9.30 Å². The summed E-state index contributed by atoms with van der Waals surface area (Å²) < 4.78 is 7.44. The molecule has 0 atom stereocenters. The van der Waals surface area contributed by atoms with Crippen LogP contribution in [0.15, 0.2) is 47.5 Å². The number of aromatic nitrogens is 2. The van der Waals surface area contributed by atoms with E-state index in [2.05, 4.69) is 11.6 Å². The van der Waals surface area contributed by atoms with Crippen molar-refractivity contribution < 1.29 is 9.66 Å². The van der Waals surface area contributed by atoms with E-state index in [1.807, 2.05) is 13.0 Å². The maximum absolute atomic E-state index is 12.4. The largest absolute Gasteiger partial charge is 0.438 e. The number of nitro groups is 1. The van der Waals surface area contributed by atoms with E-state index in [1.54, 1.807) is 56.7 Å². The lowest BCUT2D eigenvalue weighted by Crippen LogP contribution is -2.44. The molecule has 0 saturated heterocycles. The van der Waals surface area contributed by atoms with Gasteiger partial charge in [-0.15, -0.1) is 0 Å². The third kappa shape index (κ3) is 4.24. The van der Waals surface area contributed by atoms with Crippen molar-refractivity contribution >= 4 is 12.7 Å². The van der Waals surface area contributed by atoms with E-state index < -0.39 is 4.92 Å². The van der Waals surface area contributed by atoms with Crippen molar-refractivity contribution in [3.63, 3.8) is 0 Å². The Bertz CT molecular complexity index is 1240. The van der Waals surface area contributed by atoms with Gasteiger partial charge in [-0.2, -0.15) is 0 Å². The van der Waals surface area contributed by atoms with E-state index in [1.165, 1.54) is 4.57 Å². The Balaban J connectivity index is 2.23. The first-order chi connectivity index (χ1) is 13.8. The third-order valence-corrected chi connectivity index (χ3v) is 4.56. The van der Waals surface area contributed by atoms with Crippen LogP contribution >= 0.6 is 0 Å². The smallest absolute Gasteiger partial charge is 0.257 e. The predicted molar refractivity (Wildman–Crippen MR) is 112 cm³/mol. The standard InChI is InChI=1S/C22H21N3O4/c1-5-17-15(3)19(13-24(4)22(17)26)18-10-16(12-25(27)28)7-8-20(18)29-21-9-6-14(2)11-23-21/h5-11,13H,3,12H2,1-2,4H3/b17-5+. The molecule has 0 fully saturated rings. The summed E-state index contributed by atoms with van der Waals surface area (Å²) in [4.78, 5) is 27.2. The highest BCUT2D eigenvalue weighted by Crippen LogP contribution is 2.32. The second-order valence-electron chi connectivity index (χ2n) is 6.74. The molecule has 0 bridgehead atoms. The summed E-state index contributed by atoms with van der Waals surface area (Å²) in [5.41, 5.74) is 2.62. The summed E-state index contributed by atoms with van der Waals surface area (Å²) >= 11 is 0. The first-order valence-corrected chi connectivity index (χ1v) is 9.00. The summed E-state index contributed by atoms with van der Waals surface area (Å²) in [6.45, 7) is 7.45. The van der Waals surface area contributed by atoms with Gasteiger partial charge >= 0.3 is 0 Å². The fourth-order valence-electron chi connectivity index (χ4n) is 3.08. The Morgan fingerprint density at radius 2 is 2.03 bits per heavy atom. The third-order valence-electron chi connectivity index (χ3n) is 4.56. The number of benzene rings is 1. The monoisotopic (exact) mass is 391 g/mol. The first kappa shape index (κ1) is 20.0. The highest BCUT2D eigenvalue weighted by molar-refractivity contribution is 5.72. The Hall–Kier alpha value is -3.74. The number of nitrogens with zero attached hydrogens (tertiary/aromatic N) is 3. The number of aryl methyl sites for hydroxylation is 2. The van der Waals surface area contributed by atoms with Gasteiger partial charge in [-0.05, 0) is 42.8 Å². The molecule has 0 unspecified atom stereocenters. The number of hydrogen-bond acceptors (Lipinski definition) is 5. The van der Waals surface area contributed by atoms with E-state index in [4.69, 9.17) is 4.74 Å². The minimum absolute atomic E-state index is 0.162. The van der Waals surface area contributed by atoms with E-state index in [0.717, 1.165) is 5.56 Å². The van der Waals surface area contributed by atoms with Crippen molar-refractivity contribution in [3.05, 3.63) is 84.8 Å². The number of rotatable bonds is 5. The van der Waals surface area contributed by atoms with Crippen LogP contribution in [0.2, 0.25) is 0 Å². The fraction of sp³-hybridized carbons (Fsp3) is 0.182. The molecule has 0 aliphatic rings. The van der Waals surface area contributed by atoms with Gasteiger partial charge in [-0.1, -0.05) is 18.7 Å². The van der Waals surface area contributed by atoms with Crippen LogP contribution in [-0.4, -0.2) is 14.5 Å². The van der Waals surface area contributed by atoms with Crippen LogP contribution in [0.4, 0.5) is 0 Å². The summed E-state index contributed by atoms with van der Waals surface area (Å²) in [7, 11) is 1.65. The van der Waals surface area contributed by atoms with Crippen LogP contribution in [0.25, 0.3) is 23.8 Å². The van der Waals surface area contributed by atoms with Gasteiger partial charge in [-0.3, -0.25) is 14.9 Å². The Morgan fingerprint density at radius 3 is 2.66 bits per heavy atom. The zero-order valence-corrected chi connectivity index (χ0v) is 16.5. The summed E-state index contributed by atoms with van der Waals surface area (Å²) in [6, 6.07) is 8.65. The molecule has 0 aliphatic heterocycles. The maximum Gasteiger partial charge on any atom is 0.257 e. The van der Waals surface area contributed by atoms with Gasteiger partial charge in [0.05, 0.1) is 0 Å². The summed E-state index contributed by atoms with van der Waals surface area (Å²) in [5, 5.41) is 12.0. The average molecular weight is 391 g/mol. The molecule has 0 spiro atoms. The molecule has 29 heavy (non-hydrogen) atoms. The van der Waals surface area contributed by atoms with Crippen molar-refractivity contribution in [2.24, 2.45) is 7.05 Å². The molecule has 0 amide bonds. The van der Waals surface area contributed by atoms with Gasteiger partial charge in [0.2, 0.25) is 12.4 Å². The molecular formula is C22H21N3O4. The quantitative estimate of drug-likeness (QED) is 0.493. The topological polar surface area (TPSA) is 87.3 Å². The van der Waals surface area contributed by atoms with Gasteiger partial charge in [0.15, 0.2) is 0 Å². The minimum atomic E-state index is -0.391. The maximum atomic E-state index is 12.4. The highest BCUT2D eigenvalue weighted by atomic mass is 16.6. The Labute approximate surface area is 167 Å². The molecule has 7 heteroatoms. The lowest BCUT2D eigenvalue weighted by atomic mass is 10.0. The van der Waals surface area contributed by atoms with Crippen LogP contribution < -0.4 is 20.7 Å². The Kier molecular flexibility index (Phi) is 5.59. The number of ether oxygens (including phenoxy) is 1. The zero-order chi connectivity index (χ0) is 21.1. The lowest BCUT2D eigenvalue weighted by molar-refractivity contribution is -0.496. The van der Waals surface area contributed by atoms with E-state index in [-0.39, 0.29) is 12.1 Å². The number of hydrogen-bond donors (Lipinski definition) is 0. The molecule has 0 saturated carbocycles. The van der Waals surface area contributed by atoms with Crippen LogP contribution in [0.1, 0.15) is 18.1 Å². The van der Waals surface area contributed by atoms with E-state index >= 15 is 0 Å². The van der Waals surface area contributed by atoms with Gasteiger partial charge in [0.1, 0.15) is 5.75 Å². The summed E-state index contributed by atoms with van der Waals surface area (Å²) in [5.74, 6) is 0.871. The van der Waals surface area contributed by atoms with Gasteiger partial charge in [-0.25, -0.2) is 4.98 Å². The molecule has 7 nitrogen and oxygen atoms in total.